The van der Waals surface area contributed by atoms with Crippen molar-refractivity contribution in [3.63, 3.8) is 0 Å². The van der Waals surface area contributed by atoms with Crippen LogP contribution in [0.5, 0.6) is 5.75 Å². The van der Waals surface area contributed by atoms with E-state index in [2.05, 4.69) is 27.4 Å². The van der Waals surface area contributed by atoms with Crippen molar-refractivity contribution in [2.45, 2.75) is 36.1 Å². The van der Waals surface area contributed by atoms with Crippen LogP contribution in [0.2, 0.25) is 0 Å². The lowest BCUT2D eigenvalue weighted by molar-refractivity contribution is 0.0950. The maximum Gasteiger partial charge on any atom is 0.253 e. The molecule has 2 aromatic heterocycles. The average molecular weight is 465 g/mol. The minimum absolute atomic E-state index is 0.187. The summed E-state index contributed by atoms with van der Waals surface area (Å²) < 4.78 is 31.4. The number of aromatic nitrogens is 3. The van der Waals surface area contributed by atoms with Crippen LogP contribution in [-0.2, 0) is 16.4 Å². The first-order valence-corrected chi connectivity index (χ1v) is 12.1. The molecule has 170 valence electrons. The number of carbonyl (C=O) groups excluding carboxylic acids is 1. The van der Waals surface area contributed by atoms with Crippen molar-refractivity contribution in [2.75, 3.05) is 6.61 Å². The summed E-state index contributed by atoms with van der Waals surface area (Å²) in [5, 5.41) is 10.2. The molecule has 0 unspecified atom stereocenters. The summed E-state index contributed by atoms with van der Waals surface area (Å²) in [5.74, 6) is 0.374. The third kappa shape index (κ3) is 5.20. The molecule has 2 N–H and O–H groups in total. The van der Waals surface area contributed by atoms with E-state index < -0.39 is 9.84 Å². The zero-order valence-electron chi connectivity index (χ0n) is 18.1. The van der Waals surface area contributed by atoms with Crippen LogP contribution >= 0.6 is 0 Å². The molecule has 0 spiro atoms. The molecule has 0 bridgehead atoms. The fourth-order valence-corrected chi connectivity index (χ4v) is 4.48. The van der Waals surface area contributed by atoms with Crippen LogP contribution in [0.4, 0.5) is 0 Å². The number of ether oxygens (including phenoxy) is 1. The van der Waals surface area contributed by atoms with E-state index in [1.165, 1.54) is 6.20 Å². The first kappa shape index (κ1) is 22.5. The summed E-state index contributed by atoms with van der Waals surface area (Å²) in [6, 6.07) is 14.6. The van der Waals surface area contributed by atoms with Crippen LogP contribution in [-0.4, -0.2) is 36.1 Å². The summed E-state index contributed by atoms with van der Waals surface area (Å²) in [6.45, 7) is 2.94. The molecule has 0 radical (unpaired) electrons. The van der Waals surface area contributed by atoms with Gasteiger partial charge < -0.3 is 10.1 Å². The second-order valence-corrected chi connectivity index (χ2v) is 9.48. The highest BCUT2D eigenvalue weighted by Gasteiger charge is 2.17. The Labute approximate surface area is 191 Å². The molecule has 0 fully saturated rings. The van der Waals surface area contributed by atoms with E-state index in [1.807, 2.05) is 0 Å². The number of amides is 1. The standard InChI is InChI=1S/C24H24N4O4S/c1-2-3-12-32-20-6-10-22(11-7-20)33(30,31)21-8-4-17(5-9-21)14-26-24(29)19-13-18-16-27-28-23(18)25-15-19/h4-11,13,15-16H,2-3,12,14H2,1H3,(H,26,29)(H,25,27,28). The predicted octanol–water partition coefficient (Wildman–Crippen LogP) is 3.90. The first-order valence-electron chi connectivity index (χ1n) is 10.6. The molecule has 0 saturated carbocycles. The second kappa shape index (κ2) is 9.83. The Morgan fingerprint density at radius 3 is 2.42 bits per heavy atom. The SMILES string of the molecule is CCCCOc1ccc(S(=O)(=O)c2ccc(CNC(=O)c3cnc4[nH]ncc4c3)cc2)cc1. The van der Waals surface area contributed by atoms with E-state index in [-0.39, 0.29) is 22.2 Å². The van der Waals surface area contributed by atoms with Crippen LogP contribution < -0.4 is 10.1 Å². The van der Waals surface area contributed by atoms with Crippen molar-refractivity contribution >= 4 is 26.8 Å². The monoisotopic (exact) mass is 464 g/mol. The van der Waals surface area contributed by atoms with Gasteiger partial charge in [0.1, 0.15) is 5.75 Å². The van der Waals surface area contributed by atoms with Gasteiger partial charge in [0.2, 0.25) is 9.84 Å². The lowest BCUT2D eigenvalue weighted by Crippen LogP contribution is -2.22. The number of fused-ring (bicyclic) bond motifs is 1. The Balaban J connectivity index is 1.39. The van der Waals surface area contributed by atoms with Crippen molar-refractivity contribution in [3.8, 4) is 5.75 Å². The van der Waals surface area contributed by atoms with Gasteiger partial charge in [-0.1, -0.05) is 25.5 Å². The quantitative estimate of drug-likeness (QED) is 0.363. The molecule has 4 rings (SSSR count). The molecule has 1 amide bonds. The zero-order valence-corrected chi connectivity index (χ0v) is 18.9. The Bertz CT molecular complexity index is 1350. The van der Waals surface area contributed by atoms with Crippen molar-refractivity contribution < 1.29 is 17.9 Å². The summed E-state index contributed by atoms with van der Waals surface area (Å²) >= 11 is 0. The molecule has 33 heavy (non-hydrogen) atoms. The van der Waals surface area contributed by atoms with E-state index in [1.54, 1.807) is 60.8 Å². The number of hydrogen-bond donors (Lipinski definition) is 2. The van der Waals surface area contributed by atoms with Gasteiger partial charge in [-0.15, -0.1) is 0 Å². The predicted molar refractivity (Wildman–Crippen MR) is 124 cm³/mol. The van der Waals surface area contributed by atoms with E-state index in [9.17, 15) is 13.2 Å². The summed E-state index contributed by atoms with van der Waals surface area (Å²) in [5.41, 5.74) is 1.81. The van der Waals surface area contributed by atoms with E-state index in [0.717, 1.165) is 23.8 Å². The van der Waals surface area contributed by atoms with Gasteiger partial charge in [-0.3, -0.25) is 9.89 Å². The molecule has 4 aromatic rings. The van der Waals surface area contributed by atoms with Gasteiger partial charge in [-0.05, 0) is 54.4 Å². The van der Waals surface area contributed by atoms with Gasteiger partial charge in [0, 0.05) is 18.1 Å². The maximum absolute atomic E-state index is 12.9. The number of H-pyrrole nitrogens is 1. The normalized spacial score (nSPS) is 11.4. The highest BCUT2D eigenvalue weighted by molar-refractivity contribution is 7.91. The Kier molecular flexibility index (Phi) is 6.69. The molecule has 2 heterocycles. The minimum atomic E-state index is -3.65. The number of benzene rings is 2. The number of carbonyl (C=O) groups is 1. The highest BCUT2D eigenvalue weighted by atomic mass is 32.2. The maximum atomic E-state index is 12.9. The third-order valence-electron chi connectivity index (χ3n) is 5.14. The number of nitrogens with one attached hydrogen (secondary N) is 2. The van der Waals surface area contributed by atoms with Crippen molar-refractivity contribution in [1.29, 1.82) is 0 Å². The lowest BCUT2D eigenvalue weighted by atomic mass is 10.2. The molecule has 0 aliphatic rings. The number of aromatic amines is 1. The third-order valence-corrected chi connectivity index (χ3v) is 6.93. The number of pyridine rings is 1. The molecule has 9 heteroatoms. The van der Waals surface area contributed by atoms with Gasteiger partial charge in [0.25, 0.3) is 5.91 Å². The van der Waals surface area contributed by atoms with Crippen LogP contribution in [0, 0.1) is 0 Å². The van der Waals surface area contributed by atoms with Crippen LogP contribution in [0.15, 0.2) is 76.8 Å². The number of hydrogen-bond acceptors (Lipinski definition) is 6. The Morgan fingerprint density at radius 2 is 1.73 bits per heavy atom. The largest absolute Gasteiger partial charge is 0.494 e. The molecule has 0 aliphatic heterocycles. The van der Waals surface area contributed by atoms with Crippen LogP contribution in [0.3, 0.4) is 0 Å². The van der Waals surface area contributed by atoms with Crippen molar-refractivity contribution in [2.24, 2.45) is 0 Å². The zero-order chi connectivity index (χ0) is 23.3. The number of sulfone groups is 1. The molecule has 8 nitrogen and oxygen atoms in total. The summed E-state index contributed by atoms with van der Waals surface area (Å²) in [4.78, 5) is 17.0. The topological polar surface area (TPSA) is 114 Å². The van der Waals surface area contributed by atoms with Crippen LogP contribution in [0.1, 0.15) is 35.7 Å². The summed E-state index contributed by atoms with van der Waals surface area (Å²) in [6.07, 6.45) is 5.06. The highest BCUT2D eigenvalue weighted by Crippen LogP contribution is 2.23. The van der Waals surface area contributed by atoms with Gasteiger partial charge in [-0.25, -0.2) is 13.4 Å². The van der Waals surface area contributed by atoms with E-state index in [0.29, 0.717) is 23.6 Å². The minimum Gasteiger partial charge on any atom is -0.494 e. The van der Waals surface area contributed by atoms with Gasteiger partial charge in [0.05, 0.1) is 28.2 Å². The summed E-state index contributed by atoms with van der Waals surface area (Å²) in [7, 11) is -3.65. The lowest BCUT2D eigenvalue weighted by Gasteiger charge is -2.09. The van der Waals surface area contributed by atoms with Crippen molar-refractivity contribution in [1.82, 2.24) is 20.5 Å². The van der Waals surface area contributed by atoms with Gasteiger partial charge in [0.15, 0.2) is 5.65 Å². The fraction of sp³-hybridized carbons (Fsp3) is 0.208. The molecular weight excluding hydrogens is 440 g/mol. The van der Waals surface area contributed by atoms with Gasteiger partial charge >= 0.3 is 0 Å². The number of rotatable bonds is 9. The molecule has 2 aromatic carbocycles. The molecule has 0 saturated heterocycles. The second-order valence-electron chi connectivity index (χ2n) is 7.54. The smallest absolute Gasteiger partial charge is 0.253 e. The van der Waals surface area contributed by atoms with Crippen LogP contribution in [0.25, 0.3) is 11.0 Å². The fourth-order valence-electron chi connectivity index (χ4n) is 3.22. The first-order chi connectivity index (χ1) is 16.0. The molecular formula is C24H24N4O4S. The number of nitrogens with zero attached hydrogens (tertiary/aromatic N) is 2. The van der Waals surface area contributed by atoms with E-state index in [4.69, 9.17) is 4.74 Å². The number of unbranched alkanes of at least 4 members (excludes halogenated alkanes) is 1. The van der Waals surface area contributed by atoms with E-state index >= 15 is 0 Å². The van der Waals surface area contributed by atoms with Gasteiger partial charge in [-0.2, -0.15) is 5.10 Å². The molecule has 0 atom stereocenters. The van der Waals surface area contributed by atoms with Crippen molar-refractivity contribution in [3.05, 3.63) is 78.1 Å². The Morgan fingerprint density at radius 1 is 1.03 bits per heavy atom. The molecule has 0 aliphatic carbocycles. The Hall–Kier alpha value is -3.72. The average Bonchev–Trinajstić information content (AvgIpc) is 3.31.